The first-order valence-corrected chi connectivity index (χ1v) is 11.6. The van der Waals surface area contributed by atoms with Crippen LogP contribution in [0.1, 0.15) is 30.5 Å². The van der Waals surface area contributed by atoms with Crippen molar-refractivity contribution in [2.75, 3.05) is 18.0 Å². The lowest BCUT2D eigenvalue weighted by Crippen LogP contribution is -2.45. The lowest BCUT2D eigenvalue weighted by atomic mass is 10.1. The quantitative estimate of drug-likeness (QED) is 0.670. The van der Waals surface area contributed by atoms with Gasteiger partial charge in [-0.2, -0.15) is 4.31 Å². The van der Waals surface area contributed by atoms with E-state index in [0.29, 0.717) is 5.56 Å². The van der Waals surface area contributed by atoms with Gasteiger partial charge in [0.05, 0.1) is 11.4 Å². The van der Waals surface area contributed by atoms with Crippen molar-refractivity contribution in [3.8, 4) is 0 Å². The van der Waals surface area contributed by atoms with Gasteiger partial charge in [0.15, 0.2) is 0 Å². The summed E-state index contributed by atoms with van der Waals surface area (Å²) in [6, 6.07) is 11.2. The molecule has 0 aromatic heterocycles. The molecule has 1 amide bonds. The van der Waals surface area contributed by atoms with Gasteiger partial charge < -0.3 is 4.90 Å². The second-order valence-electron chi connectivity index (χ2n) is 7.29. The van der Waals surface area contributed by atoms with E-state index in [0.717, 1.165) is 27.7 Å². The van der Waals surface area contributed by atoms with Crippen molar-refractivity contribution in [3.63, 3.8) is 0 Å². The number of likely N-dealkylation sites (N-methyl/N-ethyl adjacent to an activating group) is 1. The molecule has 1 heterocycles. The van der Waals surface area contributed by atoms with E-state index in [9.17, 15) is 13.2 Å². The third-order valence-corrected chi connectivity index (χ3v) is 7.71. The lowest BCUT2D eigenvalue weighted by Gasteiger charge is -2.27. The first-order valence-electron chi connectivity index (χ1n) is 9.33. The van der Waals surface area contributed by atoms with Crippen LogP contribution in [0, 0.1) is 13.8 Å². The maximum Gasteiger partial charge on any atom is 0.243 e. The zero-order valence-electron chi connectivity index (χ0n) is 16.6. The molecule has 0 aliphatic carbocycles. The van der Waals surface area contributed by atoms with Crippen LogP contribution in [0.2, 0.25) is 0 Å². The zero-order valence-corrected chi connectivity index (χ0v) is 19.0. The van der Waals surface area contributed by atoms with E-state index in [1.807, 2.05) is 38.1 Å². The van der Waals surface area contributed by atoms with Crippen LogP contribution in [0.4, 0.5) is 5.69 Å². The van der Waals surface area contributed by atoms with Gasteiger partial charge in [-0.05, 0) is 68.1 Å². The van der Waals surface area contributed by atoms with Crippen LogP contribution in [0.3, 0.4) is 0 Å². The van der Waals surface area contributed by atoms with Crippen molar-refractivity contribution in [2.24, 2.45) is 0 Å². The minimum absolute atomic E-state index is 0.00100. The van der Waals surface area contributed by atoms with Gasteiger partial charge in [0.2, 0.25) is 15.9 Å². The van der Waals surface area contributed by atoms with Crippen molar-refractivity contribution in [3.05, 3.63) is 57.6 Å². The van der Waals surface area contributed by atoms with Crippen LogP contribution < -0.4 is 4.90 Å². The maximum atomic E-state index is 13.2. The molecule has 3 rings (SSSR count). The Kier molecular flexibility index (Phi) is 5.98. The first kappa shape index (κ1) is 21.0. The molecule has 1 aliphatic rings. The number of fused-ring (bicyclic) bond motifs is 1. The number of nitrogens with zero attached hydrogens (tertiary/aromatic N) is 2. The summed E-state index contributed by atoms with van der Waals surface area (Å²) in [6.45, 7) is 7.44. The SMILES string of the molecule is CCN(CC(=O)N1c2ccc(Br)cc2CC1C)S(=O)(=O)c1cc(C)ccc1C. The Balaban J connectivity index is 1.89. The average molecular weight is 465 g/mol. The molecule has 1 aliphatic heterocycles. The molecule has 0 radical (unpaired) electrons. The van der Waals surface area contributed by atoms with Crippen LogP contribution in [-0.2, 0) is 21.2 Å². The Morgan fingerprint density at radius 3 is 2.61 bits per heavy atom. The van der Waals surface area contributed by atoms with E-state index in [2.05, 4.69) is 15.9 Å². The molecule has 0 spiro atoms. The molecule has 1 atom stereocenters. The fraction of sp³-hybridized carbons (Fsp3) is 0.381. The van der Waals surface area contributed by atoms with Gasteiger partial charge in [0.25, 0.3) is 0 Å². The Hall–Kier alpha value is -1.70. The summed E-state index contributed by atoms with van der Waals surface area (Å²) in [5.41, 5.74) is 3.51. The minimum atomic E-state index is -3.75. The fourth-order valence-electron chi connectivity index (χ4n) is 3.70. The molecule has 2 aromatic rings. The van der Waals surface area contributed by atoms with Gasteiger partial charge >= 0.3 is 0 Å². The second kappa shape index (κ2) is 7.97. The normalized spacial score (nSPS) is 16.5. The molecule has 0 saturated heterocycles. The molecule has 7 heteroatoms. The fourth-order valence-corrected chi connectivity index (χ4v) is 5.81. The maximum absolute atomic E-state index is 13.2. The van der Waals surface area contributed by atoms with E-state index in [1.54, 1.807) is 30.9 Å². The highest BCUT2D eigenvalue weighted by molar-refractivity contribution is 9.10. The van der Waals surface area contributed by atoms with E-state index in [4.69, 9.17) is 0 Å². The molecule has 0 saturated carbocycles. The predicted molar refractivity (Wildman–Crippen MR) is 115 cm³/mol. The Labute approximate surface area is 175 Å². The molecular formula is C21H25BrN2O3S. The van der Waals surface area contributed by atoms with Gasteiger partial charge in [0, 0.05) is 22.7 Å². The van der Waals surface area contributed by atoms with E-state index in [-0.39, 0.29) is 29.9 Å². The summed E-state index contributed by atoms with van der Waals surface area (Å²) in [5.74, 6) is -0.204. The molecule has 28 heavy (non-hydrogen) atoms. The Bertz CT molecular complexity index is 1020. The number of hydrogen-bond donors (Lipinski definition) is 0. The molecule has 2 aromatic carbocycles. The second-order valence-corrected chi connectivity index (χ2v) is 10.1. The summed E-state index contributed by atoms with van der Waals surface area (Å²) in [6.07, 6.45) is 0.760. The Morgan fingerprint density at radius 2 is 1.93 bits per heavy atom. The van der Waals surface area contributed by atoms with Crippen LogP contribution in [0.15, 0.2) is 45.8 Å². The summed E-state index contributed by atoms with van der Waals surface area (Å²) >= 11 is 3.47. The van der Waals surface area contributed by atoms with Crippen molar-refractivity contribution < 1.29 is 13.2 Å². The molecule has 5 nitrogen and oxygen atoms in total. The van der Waals surface area contributed by atoms with Crippen molar-refractivity contribution in [1.82, 2.24) is 4.31 Å². The summed E-state index contributed by atoms with van der Waals surface area (Å²) in [5, 5.41) is 0. The molecule has 0 fully saturated rings. The topological polar surface area (TPSA) is 57.7 Å². The number of rotatable bonds is 5. The zero-order chi connectivity index (χ0) is 20.6. The first-order chi connectivity index (χ1) is 13.1. The Morgan fingerprint density at radius 1 is 1.21 bits per heavy atom. The van der Waals surface area contributed by atoms with Crippen LogP contribution in [-0.4, -0.2) is 37.8 Å². The largest absolute Gasteiger partial charge is 0.308 e. The van der Waals surface area contributed by atoms with Crippen molar-refractivity contribution in [1.29, 1.82) is 0 Å². The number of amides is 1. The smallest absolute Gasteiger partial charge is 0.243 e. The number of halogens is 1. The number of sulfonamides is 1. The summed E-state index contributed by atoms with van der Waals surface area (Å²) in [4.78, 5) is 15.1. The van der Waals surface area contributed by atoms with Crippen molar-refractivity contribution >= 4 is 37.5 Å². The lowest BCUT2D eigenvalue weighted by molar-refractivity contribution is -0.119. The van der Waals surface area contributed by atoms with Gasteiger partial charge in [-0.15, -0.1) is 0 Å². The van der Waals surface area contributed by atoms with Gasteiger partial charge in [-0.3, -0.25) is 4.79 Å². The van der Waals surface area contributed by atoms with E-state index >= 15 is 0 Å². The third kappa shape index (κ3) is 3.88. The van der Waals surface area contributed by atoms with Gasteiger partial charge in [0.1, 0.15) is 0 Å². The van der Waals surface area contributed by atoms with E-state index < -0.39 is 10.0 Å². The predicted octanol–water partition coefficient (Wildman–Crippen LogP) is 4.05. The monoisotopic (exact) mass is 464 g/mol. The van der Waals surface area contributed by atoms with E-state index in [1.165, 1.54) is 4.31 Å². The number of carbonyl (C=O) groups excluding carboxylic acids is 1. The molecule has 150 valence electrons. The standard InChI is InChI=1S/C21H25BrN2O3S/c1-5-23(28(26,27)20-10-14(2)6-7-15(20)3)13-21(25)24-16(4)11-17-12-18(22)8-9-19(17)24/h6-10,12,16H,5,11,13H2,1-4H3. The molecular weight excluding hydrogens is 440 g/mol. The summed E-state index contributed by atoms with van der Waals surface area (Å²) in [7, 11) is -3.75. The minimum Gasteiger partial charge on any atom is -0.308 e. The van der Waals surface area contributed by atoms with Gasteiger partial charge in [-0.25, -0.2) is 8.42 Å². The number of benzene rings is 2. The van der Waals surface area contributed by atoms with Gasteiger partial charge in [-0.1, -0.05) is 35.0 Å². The summed E-state index contributed by atoms with van der Waals surface area (Å²) < 4.78 is 28.7. The molecule has 1 unspecified atom stereocenters. The molecule has 0 N–H and O–H groups in total. The number of anilines is 1. The highest BCUT2D eigenvalue weighted by atomic mass is 79.9. The third-order valence-electron chi connectivity index (χ3n) is 5.15. The highest BCUT2D eigenvalue weighted by Gasteiger charge is 2.34. The number of hydrogen-bond acceptors (Lipinski definition) is 3. The van der Waals surface area contributed by atoms with Crippen LogP contribution >= 0.6 is 15.9 Å². The van der Waals surface area contributed by atoms with Crippen LogP contribution in [0.25, 0.3) is 0 Å². The average Bonchev–Trinajstić information content (AvgIpc) is 2.96. The number of carbonyl (C=O) groups is 1. The highest BCUT2D eigenvalue weighted by Crippen LogP contribution is 2.34. The molecule has 0 bridgehead atoms. The number of aryl methyl sites for hydroxylation is 2. The van der Waals surface area contributed by atoms with Crippen molar-refractivity contribution in [2.45, 2.75) is 45.1 Å². The van der Waals surface area contributed by atoms with Crippen LogP contribution in [0.5, 0.6) is 0 Å².